The minimum absolute atomic E-state index is 0.0434. The number of halogens is 3. The Morgan fingerprint density at radius 2 is 1.90 bits per heavy atom. The normalized spacial score (nSPS) is 10.3. The smallest absolute Gasteiger partial charge is 0.255 e. The summed E-state index contributed by atoms with van der Waals surface area (Å²) in [5.74, 6) is -2.45. The summed E-state index contributed by atoms with van der Waals surface area (Å²) in [4.78, 5) is 11.9. The highest BCUT2D eigenvalue weighted by molar-refractivity contribution is 9.10. The van der Waals surface area contributed by atoms with Crippen molar-refractivity contribution in [1.29, 1.82) is 0 Å². The van der Waals surface area contributed by atoms with Crippen LogP contribution in [0, 0.1) is 11.6 Å². The number of anilines is 2. The maximum Gasteiger partial charge on any atom is 0.255 e. The predicted octanol–water partition coefficient (Wildman–Crippen LogP) is 3.27. The number of benzene rings is 2. The van der Waals surface area contributed by atoms with Crippen LogP contribution in [0.25, 0.3) is 0 Å². The number of hydrogen-bond donors (Lipinski definition) is 3. The van der Waals surface area contributed by atoms with E-state index in [1.54, 1.807) is 0 Å². The lowest BCUT2D eigenvalue weighted by molar-refractivity contribution is 0.102. The average Bonchev–Trinajstić information content (AvgIpc) is 2.39. The van der Waals surface area contributed by atoms with Gasteiger partial charge in [0.25, 0.3) is 5.91 Å². The SMILES string of the molecule is Nc1ccc(C(=O)Nc2cc(F)c(Br)cc2F)cc1O. The van der Waals surface area contributed by atoms with E-state index < -0.39 is 17.5 Å². The van der Waals surface area contributed by atoms with Gasteiger partial charge in [0, 0.05) is 11.6 Å². The Kier molecular flexibility index (Phi) is 3.89. The number of rotatable bonds is 2. The van der Waals surface area contributed by atoms with Gasteiger partial charge in [-0.2, -0.15) is 0 Å². The number of aromatic hydroxyl groups is 1. The van der Waals surface area contributed by atoms with Crippen molar-refractivity contribution in [3.05, 3.63) is 52.0 Å². The van der Waals surface area contributed by atoms with E-state index in [2.05, 4.69) is 21.2 Å². The van der Waals surface area contributed by atoms with E-state index in [9.17, 15) is 18.7 Å². The average molecular weight is 343 g/mol. The molecular weight excluding hydrogens is 334 g/mol. The minimum Gasteiger partial charge on any atom is -0.506 e. The van der Waals surface area contributed by atoms with Crippen molar-refractivity contribution in [2.75, 3.05) is 11.1 Å². The number of phenols is 1. The number of carbonyl (C=O) groups excluding carboxylic acids is 1. The second-order valence-corrected chi connectivity index (χ2v) is 4.83. The summed E-state index contributed by atoms with van der Waals surface area (Å²) in [6.45, 7) is 0. The molecule has 4 nitrogen and oxygen atoms in total. The summed E-state index contributed by atoms with van der Waals surface area (Å²) in [5.41, 5.74) is 5.29. The van der Waals surface area contributed by atoms with Crippen molar-refractivity contribution in [3.8, 4) is 5.75 Å². The van der Waals surface area contributed by atoms with Crippen LogP contribution in [0.15, 0.2) is 34.8 Å². The lowest BCUT2D eigenvalue weighted by atomic mass is 10.1. The largest absolute Gasteiger partial charge is 0.506 e. The molecule has 0 spiro atoms. The van der Waals surface area contributed by atoms with Gasteiger partial charge in [-0.15, -0.1) is 0 Å². The van der Waals surface area contributed by atoms with Gasteiger partial charge in [-0.25, -0.2) is 8.78 Å². The molecule has 1 amide bonds. The third kappa shape index (κ3) is 2.88. The highest BCUT2D eigenvalue weighted by Gasteiger charge is 2.13. The summed E-state index contributed by atoms with van der Waals surface area (Å²) < 4.78 is 26.8. The number of hydrogen-bond acceptors (Lipinski definition) is 3. The summed E-state index contributed by atoms with van der Waals surface area (Å²) in [6, 6.07) is 5.60. The van der Waals surface area contributed by atoms with Crippen molar-refractivity contribution in [2.24, 2.45) is 0 Å². The van der Waals surface area contributed by atoms with Gasteiger partial charge in [0.15, 0.2) is 0 Å². The first-order chi connectivity index (χ1) is 9.38. The van der Waals surface area contributed by atoms with Crippen molar-refractivity contribution in [3.63, 3.8) is 0 Å². The molecule has 0 aliphatic heterocycles. The lowest BCUT2D eigenvalue weighted by Gasteiger charge is -2.08. The summed E-state index contributed by atoms with van der Waals surface area (Å²) in [7, 11) is 0. The Hall–Kier alpha value is -2.15. The molecule has 0 bridgehead atoms. The molecule has 4 N–H and O–H groups in total. The number of nitrogens with two attached hydrogens (primary N) is 1. The third-order valence-electron chi connectivity index (χ3n) is 2.55. The summed E-state index contributed by atoms with van der Waals surface area (Å²) >= 11 is 2.83. The Bertz CT molecular complexity index is 692. The van der Waals surface area contributed by atoms with Crippen LogP contribution in [0.2, 0.25) is 0 Å². The quantitative estimate of drug-likeness (QED) is 0.445. The van der Waals surface area contributed by atoms with Crippen LogP contribution in [0.1, 0.15) is 10.4 Å². The fourth-order valence-corrected chi connectivity index (χ4v) is 1.81. The maximum absolute atomic E-state index is 13.6. The maximum atomic E-state index is 13.6. The Labute approximate surface area is 121 Å². The standard InChI is InChI=1S/C13H9BrF2N2O2/c14-7-4-9(16)11(5-8(7)15)18-13(20)6-1-2-10(17)12(19)3-6/h1-5,19H,17H2,(H,18,20). The molecule has 0 aliphatic carbocycles. The fourth-order valence-electron chi connectivity index (χ4n) is 1.50. The highest BCUT2D eigenvalue weighted by Crippen LogP contribution is 2.25. The Morgan fingerprint density at radius 3 is 2.55 bits per heavy atom. The van der Waals surface area contributed by atoms with E-state index >= 15 is 0 Å². The van der Waals surface area contributed by atoms with E-state index in [1.165, 1.54) is 12.1 Å². The molecule has 2 aromatic rings. The Morgan fingerprint density at radius 1 is 1.20 bits per heavy atom. The molecule has 0 atom stereocenters. The zero-order valence-corrected chi connectivity index (χ0v) is 11.5. The first-order valence-corrected chi connectivity index (χ1v) is 6.22. The monoisotopic (exact) mass is 342 g/mol. The first-order valence-electron chi connectivity index (χ1n) is 5.43. The van der Waals surface area contributed by atoms with Gasteiger partial charge in [0.2, 0.25) is 0 Å². The molecular formula is C13H9BrF2N2O2. The predicted molar refractivity (Wildman–Crippen MR) is 74.5 cm³/mol. The van der Waals surface area contributed by atoms with E-state index in [4.69, 9.17) is 5.73 Å². The molecule has 0 aromatic heterocycles. The van der Waals surface area contributed by atoms with Crippen LogP contribution < -0.4 is 11.1 Å². The van der Waals surface area contributed by atoms with Crippen LogP contribution in [0.5, 0.6) is 5.75 Å². The van der Waals surface area contributed by atoms with Gasteiger partial charge in [-0.05, 0) is 40.2 Å². The van der Waals surface area contributed by atoms with Gasteiger partial charge in [-0.3, -0.25) is 4.79 Å². The molecule has 7 heteroatoms. The van der Waals surface area contributed by atoms with Crippen molar-refractivity contribution >= 4 is 33.2 Å². The van der Waals surface area contributed by atoms with Gasteiger partial charge < -0.3 is 16.2 Å². The highest BCUT2D eigenvalue weighted by atomic mass is 79.9. The topological polar surface area (TPSA) is 75.4 Å². The van der Waals surface area contributed by atoms with E-state index in [0.717, 1.165) is 18.2 Å². The Balaban J connectivity index is 2.27. The van der Waals surface area contributed by atoms with Crippen molar-refractivity contribution in [2.45, 2.75) is 0 Å². The van der Waals surface area contributed by atoms with Gasteiger partial charge >= 0.3 is 0 Å². The molecule has 20 heavy (non-hydrogen) atoms. The van der Waals surface area contributed by atoms with E-state index in [-0.39, 0.29) is 27.2 Å². The van der Waals surface area contributed by atoms with Crippen LogP contribution in [0.4, 0.5) is 20.2 Å². The van der Waals surface area contributed by atoms with Crippen LogP contribution in [-0.2, 0) is 0 Å². The third-order valence-corrected chi connectivity index (χ3v) is 3.16. The minimum atomic E-state index is -0.786. The molecule has 0 unspecified atom stereocenters. The number of phenolic OH excluding ortho intramolecular Hbond substituents is 1. The van der Waals surface area contributed by atoms with E-state index in [0.29, 0.717) is 0 Å². The second-order valence-electron chi connectivity index (χ2n) is 3.97. The molecule has 0 radical (unpaired) electrons. The summed E-state index contributed by atoms with van der Waals surface area (Å²) in [5, 5.41) is 11.6. The molecule has 0 saturated heterocycles. The zero-order chi connectivity index (χ0) is 14.9. The lowest BCUT2D eigenvalue weighted by Crippen LogP contribution is -2.13. The van der Waals surface area contributed by atoms with Crippen molar-refractivity contribution < 1.29 is 18.7 Å². The molecule has 0 heterocycles. The molecule has 2 rings (SSSR count). The number of nitrogen functional groups attached to an aromatic ring is 1. The second kappa shape index (κ2) is 5.46. The van der Waals surface area contributed by atoms with Crippen LogP contribution in [0.3, 0.4) is 0 Å². The number of nitrogens with one attached hydrogen (secondary N) is 1. The number of amides is 1. The molecule has 0 aliphatic rings. The van der Waals surface area contributed by atoms with E-state index in [1.807, 2.05) is 0 Å². The molecule has 2 aromatic carbocycles. The van der Waals surface area contributed by atoms with Gasteiger partial charge in [-0.1, -0.05) is 0 Å². The van der Waals surface area contributed by atoms with Gasteiger partial charge in [0.05, 0.1) is 15.8 Å². The first kappa shape index (κ1) is 14.3. The molecule has 104 valence electrons. The molecule has 0 fully saturated rings. The van der Waals surface area contributed by atoms with Crippen LogP contribution in [-0.4, -0.2) is 11.0 Å². The summed E-state index contributed by atoms with van der Waals surface area (Å²) in [6.07, 6.45) is 0. The van der Waals surface area contributed by atoms with Crippen molar-refractivity contribution in [1.82, 2.24) is 0 Å². The fraction of sp³-hybridized carbons (Fsp3) is 0. The van der Waals surface area contributed by atoms with Crippen LogP contribution >= 0.6 is 15.9 Å². The molecule has 0 saturated carbocycles. The number of carbonyl (C=O) groups is 1. The van der Waals surface area contributed by atoms with Gasteiger partial charge in [0.1, 0.15) is 17.4 Å². The zero-order valence-electron chi connectivity index (χ0n) is 9.95.